The lowest BCUT2D eigenvalue weighted by atomic mass is 10.0. The van der Waals surface area contributed by atoms with Gasteiger partial charge in [0.15, 0.2) is 0 Å². The quantitative estimate of drug-likeness (QED) is 0.323. The maximum absolute atomic E-state index is 13.3. The number of carboxylic acid groups (broad SMARTS) is 1. The van der Waals surface area contributed by atoms with Gasteiger partial charge in [0.2, 0.25) is 0 Å². The van der Waals surface area contributed by atoms with Crippen molar-refractivity contribution in [1.29, 1.82) is 0 Å². The third-order valence-corrected chi connectivity index (χ3v) is 7.15. The fraction of sp³-hybridized carbons (Fsp3) is 0.200. The molecule has 0 spiro atoms. The summed E-state index contributed by atoms with van der Waals surface area (Å²) in [6, 6.07) is 14.5. The summed E-state index contributed by atoms with van der Waals surface area (Å²) in [6.07, 6.45) is -1.74. The Hall–Kier alpha value is -4.47. The zero-order chi connectivity index (χ0) is 30.6. The van der Waals surface area contributed by atoms with Crippen LogP contribution in [0.15, 0.2) is 84.0 Å². The third kappa shape index (κ3) is 7.19. The molecule has 218 valence electrons. The molecule has 1 aliphatic heterocycles. The van der Waals surface area contributed by atoms with E-state index < -0.39 is 50.4 Å². The van der Waals surface area contributed by atoms with Gasteiger partial charge in [-0.15, -0.1) is 0 Å². The largest absolute Gasteiger partial charge is 0.501 e. The predicted molar refractivity (Wildman–Crippen MR) is 130 cm³/mol. The van der Waals surface area contributed by atoms with Crippen LogP contribution >= 0.6 is 0 Å². The van der Waals surface area contributed by atoms with Gasteiger partial charge in [0.05, 0.1) is 10.6 Å². The summed E-state index contributed by atoms with van der Waals surface area (Å²) >= 11 is 0. The van der Waals surface area contributed by atoms with Gasteiger partial charge < -0.3 is 10.0 Å². The summed E-state index contributed by atoms with van der Waals surface area (Å²) in [6.45, 7) is 0.113. The summed E-state index contributed by atoms with van der Waals surface area (Å²) in [5.41, 5.74) is -3.92. The summed E-state index contributed by atoms with van der Waals surface area (Å²) in [4.78, 5) is 40.7. The van der Waals surface area contributed by atoms with E-state index in [1.165, 1.54) is 4.90 Å². The Bertz CT molecular complexity index is 1440. The number of anilines is 1. The molecule has 1 N–H and O–H groups in total. The number of aromatic nitrogens is 1. The fourth-order valence-electron chi connectivity index (χ4n) is 3.68. The van der Waals surface area contributed by atoms with E-state index >= 15 is 0 Å². The molecule has 0 saturated carbocycles. The number of alkyl halides is 6. The average molecular weight is 603 g/mol. The molecule has 3 aromatic rings. The molecule has 9 nitrogen and oxygen atoms in total. The summed E-state index contributed by atoms with van der Waals surface area (Å²) in [5, 5.41) is 7.12. The van der Waals surface area contributed by atoms with Crippen molar-refractivity contribution in [3.05, 3.63) is 90.3 Å². The normalized spacial score (nSPS) is 15.9. The number of nitrogens with zero attached hydrogens (tertiary/aromatic N) is 3. The number of urea groups is 1. The van der Waals surface area contributed by atoms with E-state index in [0.29, 0.717) is 0 Å². The van der Waals surface area contributed by atoms with Gasteiger partial charge in [-0.3, -0.25) is 9.78 Å². The first-order chi connectivity index (χ1) is 19.0. The van der Waals surface area contributed by atoms with Crippen LogP contribution in [0.3, 0.4) is 0 Å². The zero-order valence-corrected chi connectivity index (χ0v) is 21.3. The second-order valence-electron chi connectivity index (χ2n) is 8.39. The molecule has 0 radical (unpaired) electrons. The van der Waals surface area contributed by atoms with Gasteiger partial charge in [-0.25, -0.2) is 22.9 Å². The molecule has 1 saturated heterocycles. The van der Waals surface area contributed by atoms with Crippen LogP contribution in [0, 0.1) is 0 Å². The Morgan fingerprint density at radius 1 is 0.854 bits per heavy atom. The number of sulfone groups is 1. The lowest BCUT2D eigenvalue weighted by Crippen LogP contribution is -2.36. The van der Waals surface area contributed by atoms with Crippen molar-refractivity contribution in [2.45, 2.75) is 35.6 Å². The molecule has 3 amide bonds. The number of carbonyl (C=O) groups is 3. The highest BCUT2D eigenvalue weighted by Gasteiger charge is 2.48. The Morgan fingerprint density at radius 3 is 1.88 bits per heavy atom. The van der Waals surface area contributed by atoms with Crippen LogP contribution in [0.1, 0.15) is 11.1 Å². The summed E-state index contributed by atoms with van der Waals surface area (Å²) in [7, 11) is -5.55. The maximum Gasteiger partial charge on any atom is 0.501 e. The lowest BCUT2D eigenvalue weighted by molar-refractivity contribution is -0.192. The number of pyridine rings is 1. The number of carboxylic acids is 1. The molecule has 2 heterocycles. The number of carbonyl (C=O) groups excluding carboxylic acids is 2. The van der Waals surface area contributed by atoms with Crippen molar-refractivity contribution >= 4 is 33.4 Å². The number of halogens is 6. The van der Waals surface area contributed by atoms with Gasteiger partial charge in [0, 0.05) is 25.4 Å². The Morgan fingerprint density at radius 2 is 1.39 bits per heavy atom. The van der Waals surface area contributed by atoms with Crippen molar-refractivity contribution in [2.24, 2.45) is 0 Å². The molecule has 1 aliphatic rings. The summed E-state index contributed by atoms with van der Waals surface area (Å²) < 4.78 is 93.5. The van der Waals surface area contributed by atoms with Gasteiger partial charge in [-0.1, -0.05) is 30.3 Å². The number of aliphatic carboxylic acids is 1. The van der Waals surface area contributed by atoms with E-state index in [1.807, 2.05) is 18.2 Å². The number of rotatable bonds is 6. The Labute approximate surface area is 228 Å². The van der Waals surface area contributed by atoms with Crippen molar-refractivity contribution < 1.29 is 54.3 Å². The highest BCUT2D eigenvalue weighted by Crippen LogP contribution is 2.33. The van der Waals surface area contributed by atoms with Crippen LogP contribution in [0.25, 0.3) is 0 Å². The van der Waals surface area contributed by atoms with Gasteiger partial charge in [0.1, 0.15) is 6.04 Å². The Kier molecular flexibility index (Phi) is 9.06. The highest BCUT2D eigenvalue weighted by molar-refractivity contribution is 7.92. The van der Waals surface area contributed by atoms with Crippen LogP contribution in [-0.2, 0) is 32.4 Å². The molecule has 4 rings (SSSR count). The second-order valence-corrected chi connectivity index (χ2v) is 10.3. The lowest BCUT2D eigenvalue weighted by Gasteiger charge is -2.22. The van der Waals surface area contributed by atoms with Crippen LogP contribution < -0.4 is 4.90 Å². The van der Waals surface area contributed by atoms with Crippen LogP contribution in [0.4, 0.5) is 36.8 Å². The fourth-order valence-corrected chi connectivity index (χ4v) is 4.44. The van der Waals surface area contributed by atoms with E-state index in [4.69, 9.17) is 9.90 Å². The predicted octanol–water partition coefficient (Wildman–Crippen LogP) is 4.59. The molecule has 2 aromatic carbocycles. The molecule has 0 bridgehead atoms. The summed E-state index contributed by atoms with van der Waals surface area (Å²) in [5.74, 6) is -3.32. The average Bonchev–Trinajstić information content (AvgIpc) is 3.13. The SMILES string of the molecule is O=C(O)C(F)(F)F.O=C1[C@@H](Cc2ccccc2)N(Cc2ccncc2)C(=O)N1c1ccc(S(=O)(=O)C(F)(F)F)cc1. The standard InChI is InChI=1S/C23H18F3N3O4S.C2HF3O2/c24-23(25,26)34(32,33)19-8-6-18(7-9-19)29-21(30)20(14-16-4-2-1-3-5-16)28(22(29)31)15-17-10-12-27-13-11-17;3-2(4,5)1(6)7/h1-13,20H,14-15H2;(H,6,7)/t20-;/m1./s1. The Balaban J connectivity index is 0.000000587. The van der Waals surface area contributed by atoms with Crippen molar-refractivity contribution in [3.8, 4) is 0 Å². The monoisotopic (exact) mass is 603 g/mol. The van der Waals surface area contributed by atoms with E-state index in [-0.39, 0.29) is 18.7 Å². The molecule has 1 fully saturated rings. The molecule has 0 aliphatic carbocycles. The first-order valence-electron chi connectivity index (χ1n) is 11.3. The smallest absolute Gasteiger partial charge is 0.475 e. The molecular formula is C25H19F6N3O6S. The molecule has 41 heavy (non-hydrogen) atoms. The number of imide groups is 1. The first kappa shape index (κ1) is 31.1. The van der Waals surface area contributed by atoms with Gasteiger partial charge in [-0.2, -0.15) is 26.3 Å². The number of amides is 3. The number of hydrogen-bond donors (Lipinski definition) is 1. The first-order valence-corrected chi connectivity index (χ1v) is 12.8. The van der Waals surface area contributed by atoms with Crippen molar-refractivity contribution in [2.75, 3.05) is 4.90 Å². The van der Waals surface area contributed by atoms with E-state index in [9.17, 15) is 44.3 Å². The number of benzene rings is 2. The second kappa shape index (κ2) is 12.0. The van der Waals surface area contributed by atoms with Crippen LogP contribution in [-0.4, -0.2) is 59.0 Å². The minimum absolute atomic E-state index is 0.0218. The molecule has 1 aromatic heterocycles. The minimum atomic E-state index is -5.55. The maximum atomic E-state index is 13.3. The molecular weight excluding hydrogens is 584 g/mol. The van der Waals surface area contributed by atoms with E-state index in [0.717, 1.165) is 40.3 Å². The van der Waals surface area contributed by atoms with E-state index in [2.05, 4.69) is 4.98 Å². The minimum Gasteiger partial charge on any atom is -0.475 e. The van der Waals surface area contributed by atoms with Crippen LogP contribution in [0.2, 0.25) is 0 Å². The van der Waals surface area contributed by atoms with Crippen LogP contribution in [0.5, 0.6) is 0 Å². The third-order valence-electron chi connectivity index (χ3n) is 5.65. The van der Waals surface area contributed by atoms with Gasteiger partial charge in [0.25, 0.3) is 15.7 Å². The number of hydrogen-bond acceptors (Lipinski definition) is 6. The van der Waals surface area contributed by atoms with Crippen molar-refractivity contribution in [1.82, 2.24) is 9.88 Å². The van der Waals surface area contributed by atoms with E-state index in [1.54, 1.807) is 36.7 Å². The van der Waals surface area contributed by atoms with Crippen molar-refractivity contribution in [3.63, 3.8) is 0 Å². The molecule has 1 atom stereocenters. The molecule has 0 unspecified atom stereocenters. The topological polar surface area (TPSA) is 125 Å². The molecule has 16 heteroatoms. The van der Waals surface area contributed by atoms with Gasteiger partial charge >= 0.3 is 23.7 Å². The van der Waals surface area contributed by atoms with Gasteiger partial charge in [-0.05, 0) is 47.5 Å². The highest BCUT2D eigenvalue weighted by atomic mass is 32.2. The zero-order valence-electron chi connectivity index (χ0n) is 20.5.